The van der Waals surface area contributed by atoms with E-state index in [1.54, 1.807) is 35.6 Å². The molecular weight excluding hydrogens is 430 g/mol. The van der Waals surface area contributed by atoms with Crippen LogP contribution in [-0.2, 0) is 13.5 Å². The number of likely N-dealkylation sites (N-methyl/N-ethyl adjacent to an activating group) is 2. The van der Waals surface area contributed by atoms with E-state index in [1.807, 2.05) is 57.5 Å². The Morgan fingerprint density at radius 3 is 2.50 bits per heavy atom. The van der Waals surface area contributed by atoms with Crippen molar-refractivity contribution in [2.45, 2.75) is 6.42 Å². The minimum atomic E-state index is -0.155. The molecule has 0 aliphatic heterocycles. The zero-order chi connectivity index (χ0) is 24.4. The van der Waals surface area contributed by atoms with Crippen molar-refractivity contribution >= 4 is 22.4 Å². The standard InChI is InChI=1S/C25H31N7O2/c1-29(2)12-13-30(3)21-16-22(34-5)17(14-18(21)26)15-23-27-11-10-24(28-23)32-20-9-7-6-8-19(20)31(4)25(32)33/h6-11,14,16H,12-13,15,26H2,1-5H3. The number of aromatic nitrogens is 4. The zero-order valence-electron chi connectivity index (χ0n) is 20.3. The molecule has 0 fully saturated rings. The van der Waals surface area contributed by atoms with Crippen LogP contribution < -0.4 is 21.1 Å². The lowest BCUT2D eigenvalue weighted by atomic mass is 10.1. The molecule has 0 radical (unpaired) electrons. The first-order chi connectivity index (χ1) is 16.3. The second kappa shape index (κ2) is 9.56. The Morgan fingerprint density at radius 1 is 1.06 bits per heavy atom. The average molecular weight is 462 g/mol. The minimum absolute atomic E-state index is 0.155. The molecule has 0 unspecified atom stereocenters. The third-order valence-electron chi connectivity index (χ3n) is 5.95. The first kappa shape index (κ1) is 23.3. The zero-order valence-corrected chi connectivity index (χ0v) is 20.3. The molecule has 0 saturated carbocycles. The summed E-state index contributed by atoms with van der Waals surface area (Å²) in [4.78, 5) is 26.3. The first-order valence-corrected chi connectivity index (χ1v) is 11.1. The number of methoxy groups -OCH3 is 1. The van der Waals surface area contributed by atoms with E-state index in [4.69, 9.17) is 15.5 Å². The number of anilines is 2. The number of para-hydroxylation sites is 2. The van der Waals surface area contributed by atoms with Crippen molar-refractivity contribution in [3.05, 3.63) is 70.5 Å². The highest BCUT2D eigenvalue weighted by atomic mass is 16.5. The van der Waals surface area contributed by atoms with E-state index in [0.29, 0.717) is 23.8 Å². The molecule has 0 bridgehead atoms. The number of nitrogens with zero attached hydrogens (tertiary/aromatic N) is 6. The second-order valence-electron chi connectivity index (χ2n) is 8.62. The number of fused-ring (bicyclic) bond motifs is 1. The van der Waals surface area contributed by atoms with E-state index in [0.717, 1.165) is 41.1 Å². The highest BCUT2D eigenvalue weighted by molar-refractivity contribution is 5.77. The Morgan fingerprint density at radius 2 is 1.79 bits per heavy atom. The van der Waals surface area contributed by atoms with Gasteiger partial charge in [0.25, 0.3) is 0 Å². The molecule has 9 nitrogen and oxygen atoms in total. The van der Waals surface area contributed by atoms with Crippen LogP contribution in [0.15, 0.2) is 53.5 Å². The van der Waals surface area contributed by atoms with E-state index in [2.05, 4.69) is 14.8 Å². The molecular formula is C25H31N7O2. The molecule has 2 aromatic carbocycles. The summed E-state index contributed by atoms with van der Waals surface area (Å²) >= 11 is 0. The maximum absolute atomic E-state index is 12.9. The molecule has 4 aromatic rings. The van der Waals surface area contributed by atoms with Gasteiger partial charge in [-0.2, -0.15) is 0 Å². The highest BCUT2D eigenvalue weighted by Crippen LogP contribution is 2.32. The third kappa shape index (κ3) is 4.47. The van der Waals surface area contributed by atoms with Crippen LogP contribution in [-0.4, -0.2) is 65.3 Å². The number of rotatable bonds is 8. The number of hydrogen-bond donors (Lipinski definition) is 1. The predicted octanol–water partition coefficient (Wildman–Crippen LogP) is 2.30. The normalized spacial score (nSPS) is 11.4. The van der Waals surface area contributed by atoms with Crippen molar-refractivity contribution in [1.29, 1.82) is 0 Å². The molecule has 0 aliphatic carbocycles. The number of nitrogen functional groups attached to an aromatic ring is 1. The molecule has 0 amide bonds. The number of aryl methyl sites for hydroxylation is 1. The van der Waals surface area contributed by atoms with Gasteiger partial charge in [0.2, 0.25) is 0 Å². The molecule has 0 saturated heterocycles. The van der Waals surface area contributed by atoms with Gasteiger partial charge < -0.3 is 20.3 Å². The quantitative estimate of drug-likeness (QED) is 0.402. The van der Waals surface area contributed by atoms with Crippen molar-refractivity contribution in [3.63, 3.8) is 0 Å². The highest BCUT2D eigenvalue weighted by Gasteiger charge is 2.16. The molecule has 2 heterocycles. The number of imidazole rings is 1. The van der Waals surface area contributed by atoms with Gasteiger partial charge in [0.1, 0.15) is 17.4 Å². The number of nitrogens with two attached hydrogens (primary N) is 1. The van der Waals surface area contributed by atoms with Gasteiger partial charge in [-0.15, -0.1) is 0 Å². The van der Waals surface area contributed by atoms with E-state index >= 15 is 0 Å². The van der Waals surface area contributed by atoms with Gasteiger partial charge in [0.15, 0.2) is 0 Å². The van der Waals surface area contributed by atoms with Crippen LogP contribution in [0.4, 0.5) is 11.4 Å². The van der Waals surface area contributed by atoms with Crippen molar-refractivity contribution in [2.24, 2.45) is 7.05 Å². The summed E-state index contributed by atoms with van der Waals surface area (Å²) in [6.45, 7) is 1.75. The Labute approximate surface area is 199 Å². The van der Waals surface area contributed by atoms with E-state index in [-0.39, 0.29) is 5.69 Å². The van der Waals surface area contributed by atoms with Crippen molar-refractivity contribution in [1.82, 2.24) is 24.0 Å². The average Bonchev–Trinajstić information content (AvgIpc) is 3.08. The first-order valence-electron chi connectivity index (χ1n) is 11.1. The summed E-state index contributed by atoms with van der Waals surface area (Å²) in [6.07, 6.45) is 2.09. The topological polar surface area (TPSA) is 94.4 Å². The number of ether oxygens (including phenoxy) is 1. The SMILES string of the molecule is COc1cc(N(C)CCN(C)C)c(N)cc1Cc1nccc(-n2c(=O)n(C)c3ccccc32)n1. The summed E-state index contributed by atoms with van der Waals surface area (Å²) in [5.74, 6) is 1.82. The van der Waals surface area contributed by atoms with E-state index in [9.17, 15) is 4.79 Å². The van der Waals surface area contributed by atoms with Gasteiger partial charge in [-0.05, 0) is 38.4 Å². The lowest BCUT2D eigenvalue weighted by molar-refractivity contribution is 0.409. The van der Waals surface area contributed by atoms with Gasteiger partial charge in [-0.1, -0.05) is 12.1 Å². The maximum atomic E-state index is 12.9. The Balaban J connectivity index is 1.67. The predicted molar refractivity (Wildman–Crippen MR) is 136 cm³/mol. The fraction of sp³-hybridized carbons (Fsp3) is 0.320. The molecule has 0 atom stereocenters. The molecule has 178 valence electrons. The molecule has 2 aromatic heterocycles. The second-order valence-corrected chi connectivity index (χ2v) is 8.62. The van der Waals surface area contributed by atoms with Crippen LogP contribution in [0.3, 0.4) is 0 Å². The lowest BCUT2D eigenvalue weighted by Crippen LogP contribution is -2.29. The van der Waals surface area contributed by atoms with Crippen LogP contribution in [0.1, 0.15) is 11.4 Å². The van der Waals surface area contributed by atoms with Crippen LogP contribution in [0.2, 0.25) is 0 Å². The van der Waals surface area contributed by atoms with Crippen LogP contribution >= 0.6 is 0 Å². The van der Waals surface area contributed by atoms with Crippen molar-refractivity contribution < 1.29 is 4.74 Å². The molecule has 9 heteroatoms. The van der Waals surface area contributed by atoms with Crippen LogP contribution in [0, 0.1) is 0 Å². The van der Waals surface area contributed by atoms with E-state index < -0.39 is 0 Å². The lowest BCUT2D eigenvalue weighted by Gasteiger charge is -2.24. The van der Waals surface area contributed by atoms with Gasteiger partial charge in [0.05, 0.1) is 29.5 Å². The van der Waals surface area contributed by atoms with Gasteiger partial charge in [-0.3, -0.25) is 4.57 Å². The summed E-state index contributed by atoms with van der Waals surface area (Å²) in [5.41, 5.74) is 10.4. The van der Waals surface area contributed by atoms with Crippen molar-refractivity contribution in [3.8, 4) is 11.6 Å². The largest absolute Gasteiger partial charge is 0.496 e. The maximum Gasteiger partial charge on any atom is 0.334 e. The Bertz CT molecular complexity index is 1370. The summed E-state index contributed by atoms with van der Waals surface area (Å²) < 4.78 is 8.90. The Hall–Kier alpha value is -3.85. The fourth-order valence-corrected chi connectivity index (χ4v) is 4.04. The van der Waals surface area contributed by atoms with Crippen molar-refractivity contribution in [2.75, 3.05) is 52.0 Å². The Kier molecular flexibility index (Phi) is 6.56. The smallest absolute Gasteiger partial charge is 0.334 e. The van der Waals surface area contributed by atoms with Crippen LogP contribution in [0.25, 0.3) is 16.9 Å². The monoisotopic (exact) mass is 461 g/mol. The molecule has 0 aliphatic rings. The molecule has 0 spiro atoms. The van der Waals surface area contributed by atoms with Gasteiger partial charge in [-0.25, -0.2) is 19.3 Å². The molecule has 4 rings (SSSR count). The van der Waals surface area contributed by atoms with Gasteiger partial charge >= 0.3 is 5.69 Å². The third-order valence-corrected chi connectivity index (χ3v) is 5.95. The summed E-state index contributed by atoms with van der Waals surface area (Å²) in [5, 5.41) is 0. The molecule has 2 N–H and O–H groups in total. The van der Waals surface area contributed by atoms with Crippen LogP contribution in [0.5, 0.6) is 5.75 Å². The number of hydrogen-bond acceptors (Lipinski definition) is 7. The summed E-state index contributed by atoms with van der Waals surface area (Å²) in [6, 6.07) is 13.3. The van der Waals surface area contributed by atoms with E-state index in [1.165, 1.54) is 0 Å². The van der Waals surface area contributed by atoms with Gasteiger partial charge in [0, 0.05) is 51.4 Å². The summed E-state index contributed by atoms with van der Waals surface area (Å²) in [7, 11) is 9.51. The molecule has 34 heavy (non-hydrogen) atoms. The fourth-order valence-electron chi connectivity index (χ4n) is 4.04. The minimum Gasteiger partial charge on any atom is -0.496 e. The number of benzene rings is 2.